The largest absolute Gasteiger partial charge is 0.391 e. The molecule has 2 atom stereocenters. The van der Waals surface area contributed by atoms with Gasteiger partial charge in [0.2, 0.25) is 5.91 Å². The molecular formula is C14H20N2O2. The predicted molar refractivity (Wildman–Crippen MR) is 69.0 cm³/mol. The van der Waals surface area contributed by atoms with Crippen LogP contribution in [0.25, 0.3) is 0 Å². The zero-order valence-corrected chi connectivity index (χ0v) is 10.5. The summed E-state index contributed by atoms with van der Waals surface area (Å²) in [6.45, 7) is 0. The summed E-state index contributed by atoms with van der Waals surface area (Å²) in [7, 11) is 0. The number of carbonyl (C=O) groups excluding carboxylic acids is 1. The molecule has 4 nitrogen and oxygen atoms in total. The quantitative estimate of drug-likeness (QED) is 0.847. The Morgan fingerprint density at radius 3 is 2.94 bits per heavy atom. The molecule has 0 radical (unpaired) electrons. The van der Waals surface area contributed by atoms with Crippen molar-refractivity contribution in [2.24, 2.45) is 0 Å². The summed E-state index contributed by atoms with van der Waals surface area (Å²) in [4.78, 5) is 16.0. The minimum absolute atomic E-state index is 0.00611. The number of hydrogen-bond donors (Lipinski definition) is 2. The van der Waals surface area contributed by atoms with Crippen LogP contribution in [0.2, 0.25) is 0 Å². The molecule has 0 saturated heterocycles. The Kier molecular flexibility index (Phi) is 4.70. The van der Waals surface area contributed by atoms with Crippen molar-refractivity contribution in [3.05, 3.63) is 30.1 Å². The molecule has 4 heteroatoms. The summed E-state index contributed by atoms with van der Waals surface area (Å²) in [5, 5.41) is 12.7. The van der Waals surface area contributed by atoms with Crippen LogP contribution in [-0.2, 0) is 11.2 Å². The predicted octanol–water partition coefficient (Wildman–Crippen LogP) is 1.43. The molecule has 1 fully saturated rings. The van der Waals surface area contributed by atoms with Gasteiger partial charge in [0.25, 0.3) is 0 Å². The van der Waals surface area contributed by atoms with Gasteiger partial charge < -0.3 is 10.4 Å². The smallest absolute Gasteiger partial charge is 0.220 e. The number of aryl methyl sites for hydroxylation is 1. The Labute approximate surface area is 107 Å². The third-order valence-electron chi connectivity index (χ3n) is 3.41. The van der Waals surface area contributed by atoms with E-state index < -0.39 is 0 Å². The Balaban J connectivity index is 1.75. The van der Waals surface area contributed by atoms with Crippen molar-refractivity contribution in [1.29, 1.82) is 0 Å². The molecule has 98 valence electrons. The lowest BCUT2D eigenvalue weighted by molar-refractivity contribution is -0.123. The summed E-state index contributed by atoms with van der Waals surface area (Å²) in [5.74, 6) is 0.00611. The van der Waals surface area contributed by atoms with E-state index in [-0.39, 0.29) is 18.1 Å². The number of aliphatic hydroxyl groups excluding tert-OH is 1. The number of hydrogen-bond acceptors (Lipinski definition) is 3. The third-order valence-corrected chi connectivity index (χ3v) is 3.41. The van der Waals surface area contributed by atoms with Crippen molar-refractivity contribution in [1.82, 2.24) is 10.3 Å². The van der Waals surface area contributed by atoms with E-state index in [4.69, 9.17) is 0 Å². The Bertz CT molecular complexity index is 381. The lowest BCUT2D eigenvalue weighted by Crippen LogP contribution is -2.45. The van der Waals surface area contributed by atoms with Gasteiger partial charge >= 0.3 is 0 Å². The van der Waals surface area contributed by atoms with E-state index >= 15 is 0 Å². The highest BCUT2D eigenvalue weighted by Crippen LogP contribution is 2.18. The minimum atomic E-state index is -0.377. The fourth-order valence-electron chi connectivity index (χ4n) is 2.35. The van der Waals surface area contributed by atoms with Crippen LogP contribution in [0.3, 0.4) is 0 Å². The van der Waals surface area contributed by atoms with E-state index in [9.17, 15) is 9.90 Å². The average molecular weight is 248 g/mol. The number of rotatable bonds is 4. The van der Waals surface area contributed by atoms with E-state index in [1.54, 1.807) is 6.20 Å². The molecule has 0 aromatic carbocycles. The fraction of sp³-hybridized carbons (Fsp3) is 0.571. The summed E-state index contributed by atoms with van der Waals surface area (Å²) >= 11 is 0. The normalized spacial score (nSPS) is 23.6. The van der Waals surface area contributed by atoms with E-state index in [1.807, 2.05) is 18.2 Å². The zero-order valence-electron chi connectivity index (χ0n) is 10.5. The van der Waals surface area contributed by atoms with Gasteiger partial charge in [-0.1, -0.05) is 18.9 Å². The highest BCUT2D eigenvalue weighted by molar-refractivity contribution is 5.76. The van der Waals surface area contributed by atoms with Crippen molar-refractivity contribution in [2.75, 3.05) is 0 Å². The summed E-state index contributed by atoms with van der Waals surface area (Å²) < 4.78 is 0. The molecule has 0 aliphatic heterocycles. The van der Waals surface area contributed by atoms with Crippen molar-refractivity contribution in [3.63, 3.8) is 0 Å². The number of pyridine rings is 1. The first-order valence-corrected chi connectivity index (χ1v) is 6.63. The van der Waals surface area contributed by atoms with Gasteiger partial charge in [-0.2, -0.15) is 0 Å². The van der Waals surface area contributed by atoms with Gasteiger partial charge in [0.15, 0.2) is 0 Å². The van der Waals surface area contributed by atoms with Crippen molar-refractivity contribution < 1.29 is 9.90 Å². The second-order valence-corrected chi connectivity index (χ2v) is 4.85. The molecule has 18 heavy (non-hydrogen) atoms. The molecule has 2 rings (SSSR count). The molecular weight excluding hydrogens is 228 g/mol. The molecule has 0 bridgehead atoms. The number of amides is 1. The van der Waals surface area contributed by atoms with Crippen LogP contribution in [0.5, 0.6) is 0 Å². The molecule has 1 heterocycles. The molecule has 1 aliphatic carbocycles. The molecule has 1 amide bonds. The number of carbonyl (C=O) groups is 1. The first-order valence-electron chi connectivity index (χ1n) is 6.63. The molecule has 2 N–H and O–H groups in total. The van der Waals surface area contributed by atoms with Gasteiger partial charge in [-0.05, 0) is 31.4 Å². The van der Waals surface area contributed by atoms with E-state index in [0.717, 1.165) is 31.4 Å². The van der Waals surface area contributed by atoms with Crippen LogP contribution in [0.4, 0.5) is 0 Å². The molecule has 1 aliphatic rings. The van der Waals surface area contributed by atoms with E-state index in [1.165, 1.54) is 0 Å². The lowest BCUT2D eigenvalue weighted by Gasteiger charge is -2.28. The van der Waals surface area contributed by atoms with Gasteiger partial charge in [-0.25, -0.2) is 0 Å². The average Bonchev–Trinajstić information content (AvgIpc) is 2.40. The fourth-order valence-corrected chi connectivity index (χ4v) is 2.35. The van der Waals surface area contributed by atoms with Crippen molar-refractivity contribution >= 4 is 5.91 Å². The number of aromatic nitrogens is 1. The number of aliphatic hydroxyl groups is 1. The maximum absolute atomic E-state index is 11.8. The summed E-state index contributed by atoms with van der Waals surface area (Å²) in [5.41, 5.74) is 0.928. The van der Waals surface area contributed by atoms with Gasteiger partial charge in [-0.15, -0.1) is 0 Å². The Morgan fingerprint density at radius 1 is 1.39 bits per heavy atom. The van der Waals surface area contributed by atoms with Gasteiger partial charge in [0.05, 0.1) is 12.1 Å². The minimum Gasteiger partial charge on any atom is -0.391 e. The van der Waals surface area contributed by atoms with Gasteiger partial charge in [0, 0.05) is 18.3 Å². The maximum atomic E-state index is 11.8. The van der Waals surface area contributed by atoms with Crippen LogP contribution in [0.1, 0.15) is 37.8 Å². The standard InChI is InChI=1S/C14H20N2O2/c17-13-7-2-1-6-12(13)16-14(18)9-8-11-5-3-4-10-15-11/h3-5,10,12-13,17H,1-2,6-9H2,(H,16,18). The highest BCUT2D eigenvalue weighted by Gasteiger charge is 2.24. The monoisotopic (exact) mass is 248 g/mol. The second-order valence-electron chi connectivity index (χ2n) is 4.85. The molecule has 1 saturated carbocycles. The number of nitrogens with zero attached hydrogens (tertiary/aromatic N) is 1. The summed E-state index contributed by atoms with van der Waals surface area (Å²) in [6, 6.07) is 5.64. The maximum Gasteiger partial charge on any atom is 0.220 e. The third kappa shape index (κ3) is 3.81. The first kappa shape index (κ1) is 13.0. The molecule has 1 aromatic heterocycles. The van der Waals surface area contributed by atoms with Gasteiger partial charge in [0.1, 0.15) is 0 Å². The summed E-state index contributed by atoms with van der Waals surface area (Å²) in [6.07, 6.45) is 6.26. The van der Waals surface area contributed by atoms with Crippen LogP contribution < -0.4 is 5.32 Å². The second kappa shape index (κ2) is 6.50. The zero-order chi connectivity index (χ0) is 12.8. The van der Waals surface area contributed by atoms with Crippen LogP contribution in [0, 0.1) is 0 Å². The lowest BCUT2D eigenvalue weighted by atomic mass is 9.92. The van der Waals surface area contributed by atoms with Crippen molar-refractivity contribution in [2.45, 2.75) is 50.7 Å². The van der Waals surface area contributed by atoms with Crippen LogP contribution in [-0.4, -0.2) is 28.1 Å². The first-order chi connectivity index (χ1) is 8.75. The SMILES string of the molecule is O=C(CCc1ccccn1)NC1CCCCC1O. The van der Waals surface area contributed by atoms with E-state index in [2.05, 4.69) is 10.3 Å². The Hall–Kier alpha value is -1.42. The van der Waals surface area contributed by atoms with Crippen molar-refractivity contribution in [3.8, 4) is 0 Å². The molecule has 2 unspecified atom stereocenters. The van der Waals surface area contributed by atoms with Gasteiger partial charge in [-0.3, -0.25) is 9.78 Å². The van der Waals surface area contributed by atoms with Crippen LogP contribution >= 0.6 is 0 Å². The number of nitrogens with one attached hydrogen (secondary N) is 1. The molecule has 1 aromatic rings. The van der Waals surface area contributed by atoms with Crippen LogP contribution in [0.15, 0.2) is 24.4 Å². The Morgan fingerprint density at radius 2 is 2.22 bits per heavy atom. The highest BCUT2D eigenvalue weighted by atomic mass is 16.3. The molecule has 0 spiro atoms. The topological polar surface area (TPSA) is 62.2 Å². The van der Waals surface area contributed by atoms with E-state index in [0.29, 0.717) is 12.8 Å².